The Hall–Kier alpha value is -0.930. The normalized spacial score (nSPS) is 32.5. The second-order valence-corrected chi connectivity index (χ2v) is 5.78. The van der Waals surface area contributed by atoms with Crippen molar-refractivity contribution in [1.82, 2.24) is 4.90 Å². The van der Waals surface area contributed by atoms with Crippen molar-refractivity contribution >= 4 is 0 Å². The number of hydrogen-bond donors (Lipinski definition) is 1. The molecule has 0 aromatic heterocycles. The molecule has 2 aliphatic rings. The van der Waals surface area contributed by atoms with E-state index in [9.17, 15) is 9.50 Å². The Balaban J connectivity index is 1.92. The van der Waals surface area contributed by atoms with E-state index in [0.29, 0.717) is 12.5 Å². The van der Waals surface area contributed by atoms with Gasteiger partial charge in [-0.25, -0.2) is 4.39 Å². The smallest absolute Gasteiger partial charge is 0.123 e. The van der Waals surface area contributed by atoms with Crippen LogP contribution in [0.25, 0.3) is 0 Å². The van der Waals surface area contributed by atoms with Gasteiger partial charge in [0.1, 0.15) is 5.82 Å². The molecule has 0 bridgehead atoms. The zero-order chi connectivity index (χ0) is 12.8. The van der Waals surface area contributed by atoms with Gasteiger partial charge in [0.25, 0.3) is 0 Å². The lowest BCUT2D eigenvalue weighted by molar-refractivity contribution is -0.0415. The average molecular weight is 249 g/mol. The summed E-state index contributed by atoms with van der Waals surface area (Å²) in [6, 6.07) is 5.22. The van der Waals surface area contributed by atoms with Crippen LogP contribution in [0.3, 0.4) is 0 Å². The van der Waals surface area contributed by atoms with Crippen molar-refractivity contribution in [2.75, 3.05) is 13.1 Å². The van der Waals surface area contributed by atoms with Crippen LogP contribution >= 0.6 is 0 Å². The average Bonchev–Trinajstić information content (AvgIpc) is 2.79. The summed E-state index contributed by atoms with van der Waals surface area (Å²) in [5.41, 5.74) is 0.942. The van der Waals surface area contributed by atoms with Gasteiger partial charge in [0, 0.05) is 12.6 Å². The quantitative estimate of drug-likeness (QED) is 0.827. The topological polar surface area (TPSA) is 23.5 Å². The van der Waals surface area contributed by atoms with Gasteiger partial charge in [-0.3, -0.25) is 0 Å². The molecule has 2 saturated heterocycles. The third kappa shape index (κ3) is 1.95. The minimum atomic E-state index is -0.836. The Morgan fingerprint density at radius 1 is 1.39 bits per heavy atom. The first-order valence-corrected chi connectivity index (χ1v) is 6.81. The molecule has 0 aliphatic carbocycles. The molecule has 18 heavy (non-hydrogen) atoms. The molecule has 1 N–H and O–H groups in total. The van der Waals surface area contributed by atoms with Crippen LogP contribution in [0.1, 0.15) is 36.8 Å². The number of aliphatic hydroxyl groups is 1. The van der Waals surface area contributed by atoms with Gasteiger partial charge in [0.2, 0.25) is 0 Å². The fourth-order valence-electron chi connectivity index (χ4n) is 3.58. The molecule has 98 valence electrons. The molecule has 0 spiro atoms. The molecule has 2 unspecified atom stereocenters. The van der Waals surface area contributed by atoms with Crippen LogP contribution in [0.2, 0.25) is 0 Å². The molecule has 2 aliphatic heterocycles. The van der Waals surface area contributed by atoms with Crippen molar-refractivity contribution in [3.8, 4) is 0 Å². The number of rotatable bonds is 1. The lowest BCUT2D eigenvalue weighted by atomic mass is 9.79. The Kier molecular flexibility index (Phi) is 2.91. The van der Waals surface area contributed by atoms with Gasteiger partial charge < -0.3 is 10.0 Å². The molecular weight excluding hydrogens is 229 g/mol. The Morgan fingerprint density at radius 3 is 3.06 bits per heavy atom. The summed E-state index contributed by atoms with van der Waals surface area (Å²) in [7, 11) is 0. The number of fused-ring (bicyclic) bond motifs is 1. The highest BCUT2D eigenvalue weighted by Gasteiger charge is 2.41. The third-order valence-corrected chi connectivity index (χ3v) is 4.59. The van der Waals surface area contributed by atoms with Crippen LogP contribution in [0, 0.1) is 12.7 Å². The highest BCUT2D eigenvalue weighted by Crippen LogP contribution is 2.40. The largest absolute Gasteiger partial charge is 0.385 e. The van der Waals surface area contributed by atoms with E-state index in [0.717, 1.165) is 37.1 Å². The predicted octanol–water partition coefficient (Wildman–Crippen LogP) is 2.58. The van der Waals surface area contributed by atoms with Gasteiger partial charge in [-0.1, -0.05) is 6.07 Å². The third-order valence-electron chi connectivity index (χ3n) is 4.59. The van der Waals surface area contributed by atoms with Gasteiger partial charge in [-0.2, -0.15) is 0 Å². The highest BCUT2D eigenvalue weighted by atomic mass is 19.1. The summed E-state index contributed by atoms with van der Waals surface area (Å²) in [5, 5.41) is 10.9. The molecule has 2 fully saturated rings. The number of piperidine rings is 1. The molecular formula is C15H20FNO. The van der Waals surface area contributed by atoms with Gasteiger partial charge in [-0.15, -0.1) is 0 Å². The molecule has 1 aromatic carbocycles. The standard InChI is InChI=1S/C15H20FNO/c1-11-4-5-12(16)9-14(11)15(18)6-8-17-7-2-3-13(17)10-15/h4-5,9,13,18H,2-3,6-8,10H2,1H3. The van der Waals surface area contributed by atoms with Crippen molar-refractivity contribution in [1.29, 1.82) is 0 Å². The molecule has 2 heterocycles. The molecule has 3 heteroatoms. The van der Waals surface area contributed by atoms with E-state index in [2.05, 4.69) is 4.90 Å². The van der Waals surface area contributed by atoms with Crippen LogP contribution in [0.15, 0.2) is 18.2 Å². The van der Waals surface area contributed by atoms with Crippen molar-refractivity contribution in [2.45, 2.75) is 44.2 Å². The summed E-state index contributed by atoms with van der Waals surface area (Å²) in [5.74, 6) is -0.252. The van der Waals surface area contributed by atoms with E-state index in [4.69, 9.17) is 0 Å². The summed E-state index contributed by atoms with van der Waals surface area (Å²) < 4.78 is 13.4. The summed E-state index contributed by atoms with van der Waals surface area (Å²) in [4.78, 5) is 2.46. The second kappa shape index (κ2) is 4.32. The molecule has 3 rings (SSSR count). The summed E-state index contributed by atoms with van der Waals surface area (Å²) in [6.45, 7) is 4.04. The van der Waals surface area contributed by atoms with E-state index in [1.54, 1.807) is 6.07 Å². The fraction of sp³-hybridized carbons (Fsp3) is 0.600. The van der Waals surface area contributed by atoms with E-state index in [1.807, 2.05) is 6.92 Å². The van der Waals surface area contributed by atoms with Crippen molar-refractivity contribution in [3.63, 3.8) is 0 Å². The van der Waals surface area contributed by atoms with Crippen LogP contribution in [-0.4, -0.2) is 29.1 Å². The monoisotopic (exact) mass is 249 g/mol. The molecule has 0 saturated carbocycles. The lowest BCUT2D eigenvalue weighted by Crippen LogP contribution is -2.46. The van der Waals surface area contributed by atoms with Crippen LogP contribution < -0.4 is 0 Å². The van der Waals surface area contributed by atoms with Crippen LogP contribution in [0.5, 0.6) is 0 Å². The fourth-order valence-corrected chi connectivity index (χ4v) is 3.58. The zero-order valence-electron chi connectivity index (χ0n) is 10.8. The van der Waals surface area contributed by atoms with Crippen LogP contribution in [-0.2, 0) is 5.60 Å². The van der Waals surface area contributed by atoms with Gasteiger partial charge in [0.05, 0.1) is 5.60 Å². The number of halogens is 1. The molecule has 2 atom stereocenters. The Morgan fingerprint density at radius 2 is 2.22 bits per heavy atom. The Bertz CT molecular complexity index is 462. The Labute approximate surface area is 107 Å². The van der Waals surface area contributed by atoms with Gasteiger partial charge in [0.15, 0.2) is 0 Å². The number of aryl methyl sites for hydroxylation is 1. The molecule has 2 nitrogen and oxygen atoms in total. The first-order chi connectivity index (χ1) is 8.58. The van der Waals surface area contributed by atoms with Crippen molar-refractivity contribution < 1.29 is 9.50 Å². The molecule has 0 amide bonds. The van der Waals surface area contributed by atoms with Gasteiger partial charge in [-0.05, 0) is 62.4 Å². The number of nitrogens with zero attached hydrogens (tertiary/aromatic N) is 1. The lowest BCUT2D eigenvalue weighted by Gasteiger charge is -2.41. The van der Waals surface area contributed by atoms with Crippen molar-refractivity contribution in [3.05, 3.63) is 35.1 Å². The summed E-state index contributed by atoms with van der Waals surface area (Å²) >= 11 is 0. The van der Waals surface area contributed by atoms with Crippen LogP contribution in [0.4, 0.5) is 4.39 Å². The summed E-state index contributed by atoms with van der Waals surface area (Å²) in [6.07, 6.45) is 3.85. The van der Waals surface area contributed by atoms with Gasteiger partial charge >= 0.3 is 0 Å². The molecule has 1 aromatic rings. The SMILES string of the molecule is Cc1ccc(F)cc1C1(O)CCN2CCCC2C1. The first-order valence-electron chi connectivity index (χ1n) is 6.81. The number of hydrogen-bond acceptors (Lipinski definition) is 2. The highest BCUT2D eigenvalue weighted by molar-refractivity contribution is 5.33. The maximum absolute atomic E-state index is 13.4. The first kappa shape index (κ1) is 12.1. The van der Waals surface area contributed by atoms with E-state index in [-0.39, 0.29) is 5.82 Å². The van der Waals surface area contributed by atoms with E-state index in [1.165, 1.54) is 18.6 Å². The van der Waals surface area contributed by atoms with E-state index >= 15 is 0 Å². The zero-order valence-corrected chi connectivity index (χ0v) is 10.8. The second-order valence-electron chi connectivity index (χ2n) is 5.78. The predicted molar refractivity (Wildman–Crippen MR) is 68.9 cm³/mol. The number of benzene rings is 1. The van der Waals surface area contributed by atoms with E-state index < -0.39 is 5.60 Å². The minimum absolute atomic E-state index is 0.252. The minimum Gasteiger partial charge on any atom is -0.385 e. The molecule has 0 radical (unpaired) electrons. The maximum Gasteiger partial charge on any atom is 0.123 e. The maximum atomic E-state index is 13.4. The van der Waals surface area contributed by atoms with Crippen molar-refractivity contribution in [2.24, 2.45) is 0 Å².